The first kappa shape index (κ1) is 12.6. The molecule has 1 fully saturated rings. The topological polar surface area (TPSA) is 23.5 Å². The minimum atomic E-state index is -0.247. The van der Waals surface area contributed by atoms with Crippen LogP contribution in [-0.4, -0.2) is 29.2 Å². The van der Waals surface area contributed by atoms with E-state index >= 15 is 0 Å². The number of aliphatic hydroxyl groups excluding tert-OH is 1. The molecule has 0 bridgehead atoms. The average Bonchev–Trinajstić information content (AvgIpc) is 2.32. The van der Waals surface area contributed by atoms with Crippen LogP contribution >= 0.6 is 0 Å². The van der Waals surface area contributed by atoms with Crippen LogP contribution in [0.5, 0.6) is 0 Å². The smallest absolute Gasteiger partial charge is 0.0552 e. The van der Waals surface area contributed by atoms with Crippen LogP contribution in [0.4, 0.5) is 0 Å². The molecule has 94 valence electrons. The van der Waals surface area contributed by atoms with Gasteiger partial charge >= 0.3 is 0 Å². The van der Waals surface area contributed by atoms with Crippen LogP contribution in [0.1, 0.15) is 37.3 Å². The van der Waals surface area contributed by atoms with Gasteiger partial charge in [0.1, 0.15) is 0 Å². The number of aliphatic hydroxyl groups is 1. The first-order chi connectivity index (χ1) is 8.24. The Morgan fingerprint density at radius 3 is 2.24 bits per heavy atom. The van der Waals surface area contributed by atoms with Crippen LogP contribution in [0.15, 0.2) is 24.3 Å². The molecule has 1 atom stereocenters. The predicted molar refractivity (Wildman–Crippen MR) is 71.0 cm³/mol. The van der Waals surface area contributed by atoms with E-state index in [1.807, 2.05) is 6.92 Å². The lowest BCUT2D eigenvalue weighted by Gasteiger charge is -2.26. The van der Waals surface area contributed by atoms with E-state index in [-0.39, 0.29) is 6.10 Å². The van der Waals surface area contributed by atoms with Gasteiger partial charge < -0.3 is 5.11 Å². The summed E-state index contributed by atoms with van der Waals surface area (Å²) in [6.07, 6.45) is 4.59. The minimum absolute atomic E-state index is 0.247. The highest BCUT2D eigenvalue weighted by Gasteiger charge is 2.10. The lowest BCUT2D eigenvalue weighted by Crippen LogP contribution is -2.29. The van der Waals surface area contributed by atoms with Gasteiger partial charge in [-0.3, -0.25) is 4.90 Å². The Morgan fingerprint density at radius 2 is 1.65 bits per heavy atom. The van der Waals surface area contributed by atoms with E-state index < -0.39 is 0 Å². The van der Waals surface area contributed by atoms with Gasteiger partial charge in [-0.15, -0.1) is 0 Å². The van der Waals surface area contributed by atoms with Crippen LogP contribution in [0.2, 0.25) is 0 Å². The van der Waals surface area contributed by atoms with Crippen molar-refractivity contribution in [1.29, 1.82) is 0 Å². The summed E-state index contributed by atoms with van der Waals surface area (Å²) in [4.78, 5) is 2.53. The van der Waals surface area contributed by atoms with Crippen molar-refractivity contribution in [3.05, 3.63) is 35.4 Å². The third-order valence-corrected chi connectivity index (χ3v) is 3.41. The van der Waals surface area contributed by atoms with E-state index in [1.54, 1.807) is 0 Å². The fraction of sp³-hybridized carbons (Fsp3) is 0.600. The summed E-state index contributed by atoms with van der Waals surface area (Å²) in [7, 11) is 0. The van der Waals surface area contributed by atoms with Crippen LogP contribution < -0.4 is 0 Å². The van der Waals surface area contributed by atoms with Crippen LogP contribution in [0.3, 0.4) is 0 Å². The SMILES string of the molecule is CC(O)Cc1ccc(CN2CCCCC2)cc1. The minimum Gasteiger partial charge on any atom is -0.393 e. The zero-order valence-electron chi connectivity index (χ0n) is 10.7. The maximum Gasteiger partial charge on any atom is 0.0552 e. The molecule has 1 heterocycles. The maximum absolute atomic E-state index is 9.33. The zero-order chi connectivity index (χ0) is 12.1. The second-order valence-electron chi connectivity index (χ2n) is 5.21. The van der Waals surface area contributed by atoms with E-state index in [0.29, 0.717) is 0 Å². The Bertz CT molecular complexity index is 325. The Hall–Kier alpha value is -0.860. The lowest BCUT2D eigenvalue weighted by molar-refractivity contribution is 0.195. The molecule has 1 unspecified atom stereocenters. The highest BCUT2D eigenvalue weighted by molar-refractivity contribution is 5.23. The van der Waals surface area contributed by atoms with Gasteiger partial charge in [0.2, 0.25) is 0 Å². The second kappa shape index (κ2) is 6.18. The number of piperidine rings is 1. The first-order valence-corrected chi connectivity index (χ1v) is 6.72. The molecular weight excluding hydrogens is 210 g/mol. The predicted octanol–water partition coefficient (Wildman–Crippen LogP) is 2.60. The van der Waals surface area contributed by atoms with Crippen molar-refractivity contribution in [1.82, 2.24) is 4.90 Å². The summed E-state index contributed by atoms with van der Waals surface area (Å²) < 4.78 is 0. The third kappa shape index (κ3) is 4.14. The molecule has 0 amide bonds. The van der Waals surface area contributed by atoms with Crippen molar-refractivity contribution in [3.8, 4) is 0 Å². The number of rotatable bonds is 4. The van der Waals surface area contributed by atoms with Gasteiger partial charge in [-0.25, -0.2) is 0 Å². The van der Waals surface area contributed by atoms with Gasteiger partial charge in [0.05, 0.1) is 6.10 Å². The van der Waals surface area contributed by atoms with Crippen molar-refractivity contribution >= 4 is 0 Å². The van der Waals surface area contributed by atoms with Crippen LogP contribution in [0, 0.1) is 0 Å². The number of hydrogen-bond acceptors (Lipinski definition) is 2. The van der Waals surface area contributed by atoms with E-state index in [0.717, 1.165) is 13.0 Å². The Labute approximate surface area is 104 Å². The number of hydrogen-bond donors (Lipinski definition) is 1. The van der Waals surface area contributed by atoms with Crippen molar-refractivity contribution < 1.29 is 5.11 Å². The monoisotopic (exact) mass is 233 g/mol. The van der Waals surface area contributed by atoms with E-state index in [2.05, 4.69) is 29.2 Å². The molecule has 0 saturated carbocycles. The molecule has 0 spiro atoms. The summed E-state index contributed by atoms with van der Waals surface area (Å²) in [5.41, 5.74) is 2.61. The number of likely N-dealkylation sites (tertiary alicyclic amines) is 1. The average molecular weight is 233 g/mol. The van der Waals surface area contributed by atoms with Gasteiger partial charge in [-0.1, -0.05) is 30.7 Å². The zero-order valence-corrected chi connectivity index (χ0v) is 10.7. The molecular formula is C15H23NO. The van der Waals surface area contributed by atoms with E-state index in [9.17, 15) is 5.11 Å². The summed E-state index contributed by atoms with van der Waals surface area (Å²) in [5.74, 6) is 0. The lowest BCUT2D eigenvalue weighted by atomic mass is 10.1. The van der Waals surface area contributed by atoms with Crippen LogP contribution in [0.25, 0.3) is 0 Å². The van der Waals surface area contributed by atoms with Crippen molar-refractivity contribution in [3.63, 3.8) is 0 Å². The quantitative estimate of drug-likeness (QED) is 0.864. The molecule has 1 aliphatic heterocycles. The van der Waals surface area contributed by atoms with Crippen molar-refractivity contribution in [2.24, 2.45) is 0 Å². The van der Waals surface area contributed by atoms with Gasteiger partial charge in [-0.2, -0.15) is 0 Å². The first-order valence-electron chi connectivity index (χ1n) is 6.72. The summed E-state index contributed by atoms with van der Waals surface area (Å²) >= 11 is 0. The van der Waals surface area contributed by atoms with Gasteiger partial charge in [0.15, 0.2) is 0 Å². The molecule has 2 nitrogen and oxygen atoms in total. The molecule has 2 rings (SSSR count). The van der Waals surface area contributed by atoms with Gasteiger partial charge in [0.25, 0.3) is 0 Å². The van der Waals surface area contributed by atoms with Crippen molar-refractivity contribution in [2.75, 3.05) is 13.1 Å². The molecule has 1 aromatic carbocycles. The summed E-state index contributed by atoms with van der Waals surface area (Å²) in [6, 6.07) is 8.69. The fourth-order valence-corrected chi connectivity index (χ4v) is 2.50. The van der Waals surface area contributed by atoms with Crippen LogP contribution in [-0.2, 0) is 13.0 Å². The second-order valence-corrected chi connectivity index (χ2v) is 5.21. The van der Waals surface area contributed by atoms with Crippen molar-refractivity contribution in [2.45, 2.75) is 45.3 Å². The molecule has 0 aliphatic carbocycles. The maximum atomic E-state index is 9.33. The Balaban J connectivity index is 1.88. The Morgan fingerprint density at radius 1 is 1.06 bits per heavy atom. The summed E-state index contributed by atoms with van der Waals surface area (Å²) in [6.45, 7) is 5.40. The van der Waals surface area contributed by atoms with Gasteiger partial charge in [0, 0.05) is 6.54 Å². The Kier molecular flexibility index (Phi) is 4.57. The molecule has 0 aromatic heterocycles. The highest BCUT2D eigenvalue weighted by atomic mass is 16.3. The number of nitrogens with zero attached hydrogens (tertiary/aromatic N) is 1. The van der Waals surface area contributed by atoms with Gasteiger partial charge in [-0.05, 0) is 50.4 Å². The summed E-state index contributed by atoms with van der Waals surface area (Å²) in [5, 5.41) is 9.33. The van der Waals surface area contributed by atoms with E-state index in [1.165, 1.54) is 43.5 Å². The highest BCUT2D eigenvalue weighted by Crippen LogP contribution is 2.14. The molecule has 1 aromatic rings. The fourth-order valence-electron chi connectivity index (χ4n) is 2.50. The standard InChI is InChI=1S/C15H23NO/c1-13(17)11-14-5-7-15(8-6-14)12-16-9-3-2-4-10-16/h5-8,13,17H,2-4,9-12H2,1H3. The molecule has 1 aliphatic rings. The normalized spacial score (nSPS) is 19.2. The number of benzene rings is 1. The van der Waals surface area contributed by atoms with E-state index in [4.69, 9.17) is 0 Å². The molecule has 0 radical (unpaired) electrons. The molecule has 2 heteroatoms. The molecule has 1 N–H and O–H groups in total. The largest absolute Gasteiger partial charge is 0.393 e. The molecule has 17 heavy (non-hydrogen) atoms. The molecule has 1 saturated heterocycles. The third-order valence-electron chi connectivity index (χ3n) is 3.41.